The summed E-state index contributed by atoms with van der Waals surface area (Å²) < 4.78 is 5.91. The van der Waals surface area contributed by atoms with Gasteiger partial charge in [-0.15, -0.1) is 0 Å². The molecule has 2 N–H and O–H groups in total. The van der Waals surface area contributed by atoms with Crippen LogP contribution in [0.1, 0.15) is 39.0 Å². The average Bonchev–Trinajstić information content (AvgIpc) is 2.67. The van der Waals surface area contributed by atoms with Crippen molar-refractivity contribution in [3.63, 3.8) is 0 Å². The summed E-state index contributed by atoms with van der Waals surface area (Å²) in [6, 6.07) is 6.96. The lowest BCUT2D eigenvalue weighted by molar-refractivity contribution is 0.494. The van der Waals surface area contributed by atoms with Crippen LogP contribution in [0.25, 0.3) is 11.1 Å². The Bertz CT molecular complexity index is 564. The number of hydrogen-bond donors (Lipinski definition) is 1. The summed E-state index contributed by atoms with van der Waals surface area (Å²) in [5.74, 6) is 0. The summed E-state index contributed by atoms with van der Waals surface area (Å²) in [6.45, 7) is 3.28. The highest BCUT2D eigenvalue weighted by atomic mass is 16.4. The van der Waals surface area contributed by atoms with Crippen molar-refractivity contribution >= 4 is 22.8 Å². The highest BCUT2D eigenvalue weighted by Crippen LogP contribution is 2.29. The second-order valence-corrected chi connectivity index (χ2v) is 5.33. The van der Waals surface area contributed by atoms with E-state index in [4.69, 9.17) is 10.2 Å². The summed E-state index contributed by atoms with van der Waals surface area (Å²) in [5, 5.41) is 0. The first-order valence-corrected chi connectivity index (χ1v) is 7.20. The van der Waals surface area contributed by atoms with Gasteiger partial charge >= 0.3 is 0 Å². The van der Waals surface area contributed by atoms with Crippen molar-refractivity contribution in [2.24, 2.45) is 0 Å². The van der Waals surface area contributed by atoms with Crippen LogP contribution in [0.3, 0.4) is 0 Å². The molecule has 2 aromatic rings. The predicted molar refractivity (Wildman–Crippen MR) is 78.3 cm³/mol. The van der Waals surface area contributed by atoms with Crippen LogP contribution in [0.4, 0.5) is 11.7 Å². The minimum atomic E-state index is 0.549. The second kappa shape index (κ2) is 5.11. The van der Waals surface area contributed by atoms with Crippen LogP contribution in [0.15, 0.2) is 22.6 Å². The molecule has 0 saturated carbocycles. The van der Waals surface area contributed by atoms with E-state index < -0.39 is 0 Å². The third-order valence-electron chi connectivity index (χ3n) is 4.00. The summed E-state index contributed by atoms with van der Waals surface area (Å²) >= 11 is 0. The lowest BCUT2D eigenvalue weighted by Gasteiger charge is -2.27. The van der Waals surface area contributed by atoms with Crippen LogP contribution >= 0.6 is 0 Å². The van der Waals surface area contributed by atoms with Gasteiger partial charge in [0.05, 0.1) is 0 Å². The predicted octanol–water partition coefficient (Wildman–Crippen LogP) is 3.57. The molecule has 1 aliphatic heterocycles. The number of benzene rings is 1. The number of nitrogens with zero attached hydrogens (tertiary/aromatic N) is 2. The largest absolute Gasteiger partial charge is 0.423 e. The smallest absolute Gasteiger partial charge is 0.298 e. The Hall–Kier alpha value is -1.71. The van der Waals surface area contributed by atoms with E-state index in [0.29, 0.717) is 6.04 Å². The summed E-state index contributed by atoms with van der Waals surface area (Å²) in [5.41, 5.74) is 8.19. The molecule has 0 amide bonds. The number of nitrogen functional groups attached to an aromatic ring is 1. The number of nitrogens with two attached hydrogens (primary N) is 1. The molecule has 1 fully saturated rings. The molecule has 0 spiro atoms. The molecule has 1 aromatic heterocycles. The molecule has 0 bridgehead atoms. The Kier molecular flexibility index (Phi) is 3.32. The SMILES string of the molecule is CCC1CCCCCN1c1nc2ccc(N)cc2o1. The Balaban J connectivity index is 1.96. The van der Waals surface area contributed by atoms with Crippen LogP contribution in [-0.4, -0.2) is 17.6 Å². The molecule has 1 saturated heterocycles. The van der Waals surface area contributed by atoms with Crippen molar-refractivity contribution in [1.29, 1.82) is 0 Å². The van der Waals surface area contributed by atoms with E-state index in [1.807, 2.05) is 18.2 Å². The van der Waals surface area contributed by atoms with Gasteiger partial charge in [-0.2, -0.15) is 4.98 Å². The molecule has 0 radical (unpaired) electrons. The molecule has 1 unspecified atom stereocenters. The molecule has 102 valence electrons. The van der Waals surface area contributed by atoms with Gasteiger partial charge in [0.2, 0.25) is 0 Å². The normalized spacial score (nSPS) is 20.7. The lowest BCUT2D eigenvalue weighted by atomic mass is 10.1. The standard InChI is InChI=1S/C15H21N3O/c1-2-12-6-4-3-5-9-18(12)15-17-13-8-7-11(16)10-14(13)19-15/h7-8,10,12H,2-6,9,16H2,1H3. The van der Waals surface area contributed by atoms with Crippen LogP contribution in [0.2, 0.25) is 0 Å². The van der Waals surface area contributed by atoms with Crippen LogP contribution in [0.5, 0.6) is 0 Å². The fourth-order valence-corrected chi connectivity index (χ4v) is 2.91. The first-order valence-electron chi connectivity index (χ1n) is 7.20. The van der Waals surface area contributed by atoms with Gasteiger partial charge in [0, 0.05) is 24.3 Å². The van der Waals surface area contributed by atoms with Gasteiger partial charge < -0.3 is 15.1 Å². The summed E-state index contributed by atoms with van der Waals surface area (Å²) in [4.78, 5) is 6.96. The number of fused-ring (bicyclic) bond motifs is 1. The molecule has 1 atom stereocenters. The average molecular weight is 259 g/mol. The Morgan fingerprint density at radius 1 is 1.37 bits per heavy atom. The van der Waals surface area contributed by atoms with Gasteiger partial charge in [-0.25, -0.2) is 0 Å². The molecular formula is C15H21N3O. The van der Waals surface area contributed by atoms with Gasteiger partial charge in [-0.05, 0) is 31.4 Å². The number of rotatable bonds is 2. The van der Waals surface area contributed by atoms with Gasteiger partial charge in [0.15, 0.2) is 5.58 Å². The van der Waals surface area contributed by atoms with Crippen molar-refractivity contribution in [3.05, 3.63) is 18.2 Å². The number of anilines is 2. The van der Waals surface area contributed by atoms with Gasteiger partial charge in [0.25, 0.3) is 6.01 Å². The highest BCUT2D eigenvalue weighted by Gasteiger charge is 2.23. The number of aromatic nitrogens is 1. The van der Waals surface area contributed by atoms with E-state index in [1.165, 1.54) is 25.7 Å². The highest BCUT2D eigenvalue weighted by molar-refractivity contribution is 5.78. The van der Waals surface area contributed by atoms with Gasteiger partial charge in [-0.3, -0.25) is 0 Å². The molecule has 19 heavy (non-hydrogen) atoms. The lowest BCUT2D eigenvalue weighted by Crippen LogP contribution is -2.34. The fraction of sp³-hybridized carbons (Fsp3) is 0.533. The van der Waals surface area contributed by atoms with Crippen molar-refractivity contribution in [1.82, 2.24) is 4.98 Å². The second-order valence-electron chi connectivity index (χ2n) is 5.33. The minimum Gasteiger partial charge on any atom is -0.423 e. The van der Waals surface area contributed by atoms with Gasteiger partial charge in [0.1, 0.15) is 5.52 Å². The fourth-order valence-electron chi connectivity index (χ4n) is 2.91. The first kappa shape index (κ1) is 12.3. The van der Waals surface area contributed by atoms with Crippen molar-refractivity contribution in [2.45, 2.75) is 45.1 Å². The Morgan fingerprint density at radius 3 is 3.11 bits per heavy atom. The monoisotopic (exact) mass is 259 g/mol. The zero-order valence-corrected chi connectivity index (χ0v) is 11.4. The van der Waals surface area contributed by atoms with Crippen molar-refractivity contribution in [2.75, 3.05) is 17.2 Å². The van der Waals surface area contributed by atoms with Crippen LogP contribution in [-0.2, 0) is 0 Å². The van der Waals surface area contributed by atoms with E-state index in [0.717, 1.165) is 35.8 Å². The summed E-state index contributed by atoms with van der Waals surface area (Å²) in [7, 11) is 0. The minimum absolute atomic E-state index is 0.549. The molecular weight excluding hydrogens is 238 g/mol. The zero-order valence-electron chi connectivity index (χ0n) is 11.4. The maximum atomic E-state index is 5.91. The molecule has 1 aliphatic rings. The van der Waals surface area contributed by atoms with Crippen molar-refractivity contribution < 1.29 is 4.42 Å². The van der Waals surface area contributed by atoms with Crippen LogP contribution < -0.4 is 10.6 Å². The van der Waals surface area contributed by atoms with Gasteiger partial charge in [-0.1, -0.05) is 19.8 Å². The van der Waals surface area contributed by atoms with E-state index in [2.05, 4.69) is 16.8 Å². The Morgan fingerprint density at radius 2 is 2.26 bits per heavy atom. The van der Waals surface area contributed by atoms with Crippen molar-refractivity contribution in [3.8, 4) is 0 Å². The molecule has 4 nitrogen and oxygen atoms in total. The van der Waals surface area contributed by atoms with E-state index in [1.54, 1.807) is 0 Å². The molecule has 0 aliphatic carbocycles. The summed E-state index contributed by atoms with van der Waals surface area (Å²) in [6.07, 6.45) is 6.21. The maximum Gasteiger partial charge on any atom is 0.298 e. The molecule has 3 rings (SSSR count). The number of hydrogen-bond acceptors (Lipinski definition) is 4. The Labute approximate surface area is 113 Å². The zero-order chi connectivity index (χ0) is 13.2. The third kappa shape index (κ3) is 2.39. The topological polar surface area (TPSA) is 55.3 Å². The quantitative estimate of drug-likeness (QED) is 0.838. The van der Waals surface area contributed by atoms with E-state index >= 15 is 0 Å². The maximum absolute atomic E-state index is 5.91. The van der Waals surface area contributed by atoms with E-state index in [-0.39, 0.29) is 0 Å². The third-order valence-corrected chi connectivity index (χ3v) is 4.00. The number of oxazole rings is 1. The molecule has 1 aromatic carbocycles. The molecule has 4 heteroatoms. The van der Waals surface area contributed by atoms with E-state index in [9.17, 15) is 0 Å². The first-order chi connectivity index (χ1) is 9.28. The molecule has 2 heterocycles. The van der Waals surface area contributed by atoms with Crippen LogP contribution in [0, 0.1) is 0 Å².